The molecule has 0 amide bonds. The molecule has 1 N–H and O–H groups in total. The number of furan rings is 1. The number of rotatable bonds is 4. The number of carbonyl (C=O) groups excluding carboxylic acids is 1. The van der Waals surface area contributed by atoms with Gasteiger partial charge in [0.2, 0.25) is 5.76 Å². The van der Waals surface area contributed by atoms with Crippen LogP contribution in [0, 0.1) is 12.3 Å². The minimum atomic E-state index is -0.479. The average molecular weight is 193 g/mol. The van der Waals surface area contributed by atoms with E-state index in [-0.39, 0.29) is 5.76 Å². The van der Waals surface area contributed by atoms with E-state index in [1.165, 1.54) is 13.4 Å². The van der Waals surface area contributed by atoms with Crippen molar-refractivity contribution >= 4 is 5.97 Å². The molecule has 0 aliphatic carbocycles. The van der Waals surface area contributed by atoms with Gasteiger partial charge in [-0.1, -0.05) is 5.92 Å². The summed E-state index contributed by atoms with van der Waals surface area (Å²) in [6.07, 6.45) is 6.51. The highest BCUT2D eigenvalue weighted by Gasteiger charge is 2.14. The van der Waals surface area contributed by atoms with Gasteiger partial charge in [0, 0.05) is 12.1 Å². The monoisotopic (exact) mass is 193 g/mol. The summed E-state index contributed by atoms with van der Waals surface area (Å²) in [6.45, 7) is 0.941. The van der Waals surface area contributed by atoms with Gasteiger partial charge in [0.05, 0.1) is 19.9 Å². The first-order valence-electron chi connectivity index (χ1n) is 4.08. The van der Waals surface area contributed by atoms with Crippen LogP contribution in [0.2, 0.25) is 0 Å². The van der Waals surface area contributed by atoms with Crippen LogP contribution in [0.3, 0.4) is 0 Å². The molecule has 1 aromatic heterocycles. The molecule has 74 valence electrons. The van der Waals surface area contributed by atoms with Crippen molar-refractivity contribution in [2.75, 3.05) is 13.7 Å². The van der Waals surface area contributed by atoms with Crippen molar-refractivity contribution in [1.29, 1.82) is 0 Å². The van der Waals surface area contributed by atoms with E-state index in [0.717, 1.165) is 5.56 Å². The maximum atomic E-state index is 11.1. The van der Waals surface area contributed by atoms with Crippen LogP contribution in [-0.4, -0.2) is 19.6 Å². The third kappa shape index (κ3) is 2.38. The summed E-state index contributed by atoms with van der Waals surface area (Å²) in [5, 5.41) is 2.95. The van der Waals surface area contributed by atoms with E-state index >= 15 is 0 Å². The van der Waals surface area contributed by atoms with Crippen LogP contribution < -0.4 is 5.32 Å². The average Bonchev–Trinajstić information content (AvgIpc) is 2.65. The standard InChI is InChI=1S/C10H11NO3/c1-3-5-11-7-8-4-6-14-9(8)10(12)13-2/h1,4,6,11H,5,7H2,2H3. The minimum Gasteiger partial charge on any atom is -0.463 e. The second kappa shape index (κ2) is 5.10. The molecule has 1 heterocycles. The number of terminal acetylenes is 1. The molecule has 4 nitrogen and oxygen atoms in total. The van der Waals surface area contributed by atoms with Gasteiger partial charge in [-0.2, -0.15) is 0 Å². The van der Waals surface area contributed by atoms with Gasteiger partial charge in [0.15, 0.2) is 0 Å². The zero-order chi connectivity index (χ0) is 10.4. The zero-order valence-corrected chi connectivity index (χ0v) is 7.87. The fourth-order valence-electron chi connectivity index (χ4n) is 1.02. The lowest BCUT2D eigenvalue weighted by Crippen LogP contribution is -2.15. The van der Waals surface area contributed by atoms with E-state index < -0.39 is 5.97 Å². The maximum Gasteiger partial charge on any atom is 0.374 e. The largest absolute Gasteiger partial charge is 0.463 e. The molecule has 0 saturated carbocycles. The van der Waals surface area contributed by atoms with Crippen LogP contribution in [0.25, 0.3) is 0 Å². The van der Waals surface area contributed by atoms with E-state index in [2.05, 4.69) is 16.0 Å². The molecule has 0 aliphatic heterocycles. The predicted molar refractivity (Wildman–Crippen MR) is 50.6 cm³/mol. The van der Waals surface area contributed by atoms with Crippen molar-refractivity contribution in [3.8, 4) is 12.3 Å². The Kier molecular flexibility index (Phi) is 3.77. The Hall–Kier alpha value is -1.73. The number of esters is 1. The van der Waals surface area contributed by atoms with Crippen molar-refractivity contribution < 1.29 is 13.9 Å². The third-order valence-corrected chi connectivity index (χ3v) is 1.66. The molecule has 0 aliphatic rings. The van der Waals surface area contributed by atoms with Crippen molar-refractivity contribution in [3.63, 3.8) is 0 Å². The molecule has 0 unspecified atom stereocenters. The van der Waals surface area contributed by atoms with Gasteiger partial charge in [-0.15, -0.1) is 6.42 Å². The quantitative estimate of drug-likeness (QED) is 0.436. The second-order valence-corrected chi connectivity index (χ2v) is 2.57. The molecule has 0 radical (unpaired) electrons. The molecule has 14 heavy (non-hydrogen) atoms. The molecule has 0 spiro atoms. The van der Waals surface area contributed by atoms with Crippen LogP contribution >= 0.6 is 0 Å². The number of hydrogen-bond donors (Lipinski definition) is 1. The van der Waals surface area contributed by atoms with Gasteiger partial charge in [-0.25, -0.2) is 4.79 Å². The fraction of sp³-hybridized carbons (Fsp3) is 0.300. The summed E-state index contributed by atoms with van der Waals surface area (Å²) in [4.78, 5) is 11.1. The fourth-order valence-corrected chi connectivity index (χ4v) is 1.02. The molecule has 1 aromatic rings. The molecule has 4 heteroatoms. The Bertz CT molecular complexity index is 348. The van der Waals surface area contributed by atoms with Crippen LogP contribution in [0.15, 0.2) is 16.7 Å². The summed E-state index contributed by atoms with van der Waals surface area (Å²) in [6, 6.07) is 1.70. The normalized spacial score (nSPS) is 9.43. The highest BCUT2D eigenvalue weighted by Crippen LogP contribution is 2.11. The summed E-state index contributed by atoms with van der Waals surface area (Å²) in [5.41, 5.74) is 0.743. The van der Waals surface area contributed by atoms with Crippen molar-refractivity contribution in [2.24, 2.45) is 0 Å². The van der Waals surface area contributed by atoms with Crippen molar-refractivity contribution in [3.05, 3.63) is 23.7 Å². The number of hydrogen-bond acceptors (Lipinski definition) is 4. The van der Waals surface area contributed by atoms with Gasteiger partial charge in [-0.3, -0.25) is 0 Å². The number of methoxy groups -OCH3 is 1. The molecular formula is C10H11NO3. The molecule has 1 rings (SSSR count). The summed E-state index contributed by atoms with van der Waals surface area (Å²) in [5.74, 6) is 2.18. The lowest BCUT2D eigenvalue weighted by atomic mass is 10.2. The first-order valence-corrected chi connectivity index (χ1v) is 4.08. The van der Waals surface area contributed by atoms with E-state index in [4.69, 9.17) is 10.8 Å². The van der Waals surface area contributed by atoms with E-state index in [1.807, 2.05) is 0 Å². The first kappa shape index (κ1) is 10.4. The van der Waals surface area contributed by atoms with E-state index in [1.54, 1.807) is 6.07 Å². The molecule has 0 fully saturated rings. The van der Waals surface area contributed by atoms with Crippen LogP contribution in [-0.2, 0) is 11.3 Å². The summed E-state index contributed by atoms with van der Waals surface area (Å²) in [7, 11) is 1.31. The summed E-state index contributed by atoms with van der Waals surface area (Å²) < 4.78 is 9.52. The van der Waals surface area contributed by atoms with Gasteiger partial charge in [0.25, 0.3) is 0 Å². The van der Waals surface area contributed by atoms with Gasteiger partial charge < -0.3 is 14.5 Å². The van der Waals surface area contributed by atoms with Crippen LogP contribution in [0.5, 0.6) is 0 Å². The topological polar surface area (TPSA) is 51.5 Å². The highest BCUT2D eigenvalue weighted by atomic mass is 16.5. The first-order chi connectivity index (χ1) is 6.79. The Morgan fingerprint density at radius 3 is 3.21 bits per heavy atom. The van der Waals surface area contributed by atoms with Gasteiger partial charge in [-0.05, 0) is 6.07 Å². The Labute approximate surface area is 82.2 Å². The lowest BCUT2D eigenvalue weighted by Gasteiger charge is -2.00. The number of ether oxygens (including phenoxy) is 1. The molecule has 0 bridgehead atoms. The summed E-state index contributed by atoms with van der Waals surface area (Å²) >= 11 is 0. The van der Waals surface area contributed by atoms with Gasteiger partial charge in [0.1, 0.15) is 0 Å². The second-order valence-electron chi connectivity index (χ2n) is 2.57. The maximum absolute atomic E-state index is 11.1. The van der Waals surface area contributed by atoms with Crippen molar-refractivity contribution in [1.82, 2.24) is 5.32 Å². The zero-order valence-electron chi connectivity index (χ0n) is 7.87. The lowest BCUT2D eigenvalue weighted by molar-refractivity contribution is 0.0563. The molecule has 0 aromatic carbocycles. The number of nitrogens with one attached hydrogen (secondary N) is 1. The van der Waals surface area contributed by atoms with Crippen LogP contribution in [0.4, 0.5) is 0 Å². The Morgan fingerprint density at radius 2 is 2.57 bits per heavy atom. The van der Waals surface area contributed by atoms with E-state index in [9.17, 15) is 4.79 Å². The molecule has 0 atom stereocenters. The third-order valence-electron chi connectivity index (χ3n) is 1.66. The van der Waals surface area contributed by atoms with Crippen LogP contribution in [0.1, 0.15) is 16.1 Å². The molecular weight excluding hydrogens is 182 g/mol. The van der Waals surface area contributed by atoms with Gasteiger partial charge >= 0.3 is 5.97 Å². The van der Waals surface area contributed by atoms with E-state index in [0.29, 0.717) is 13.1 Å². The van der Waals surface area contributed by atoms with Crippen molar-refractivity contribution in [2.45, 2.75) is 6.54 Å². The SMILES string of the molecule is C#CCNCc1ccoc1C(=O)OC. The molecule has 0 saturated heterocycles. The Balaban J connectivity index is 2.64. The number of carbonyl (C=O) groups is 1. The minimum absolute atomic E-state index is 0.219. The predicted octanol–water partition coefficient (Wildman–Crippen LogP) is 0.789. The Morgan fingerprint density at radius 1 is 1.79 bits per heavy atom. The highest BCUT2D eigenvalue weighted by molar-refractivity contribution is 5.87. The smallest absolute Gasteiger partial charge is 0.374 e.